The highest BCUT2D eigenvalue weighted by molar-refractivity contribution is 6.10. The zero-order valence-corrected chi connectivity index (χ0v) is 15.1. The molecule has 1 aromatic carbocycles. The molecule has 0 unspecified atom stereocenters. The van der Waals surface area contributed by atoms with Crippen LogP contribution < -0.4 is 5.32 Å². The first kappa shape index (κ1) is 17.7. The zero-order chi connectivity index (χ0) is 18.0. The Morgan fingerprint density at radius 1 is 1.32 bits per heavy atom. The Kier molecular flexibility index (Phi) is 5.23. The minimum Gasteiger partial charge on any atom is -0.353 e. The second-order valence-electron chi connectivity index (χ2n) is 7.12. The molecule has 2 heterocycles. The normalized spacial score (nSPS) is 22.0. The summed E-state index contributed by atoms with van der Waals surface area (Å²) in [5.41, 5.74) is 2.04. The first-order chi connectivity index (χ1) is 12.0. The van der Waals surface area contributed by atoms with E-state index in [1.165, 1.54) is 24.2 Å². The highest BCUT2D eigenvalue weighted by atomic mass is 16.2. The number of nitrogens with one attached hydrogen (secondary N) is 1. The molecule has 2 amide bonds. The van der Waals surface area contributed by atoms with Gasteiger partial charge in [-0.3, -0.25) is 19.4 Å². The average molecular weight is 341 g/mol. The maximum atomic E-state index is 12.4. The number of likely N-dealkylation sites (tertiary alicyclic amines) is 1. The SMILES string of the molecule is C=C1c2ccccc2C(=O)N1CC(=O)NC[C@@H](C)N1CCCC[C@H]1C. The predicted octanol–water partition coefficient (Wildman–Crippen LogP) is 2.49. The third-order valence-corrected chi connectivity index (χ3v) is 5.36. The van der Waals surface area contributed by atoms with Crippen molar-refractivity contribution in [2.75, 3.05) is 19.6 Å². The Morgan fingerprint density at radius 2 is 2.04 bits per heavy atom. The van der Waals surface area contributed by atoms with Crippen molar-refractivity contribution in [2.24, 2.45) is 0 Å². The lowest BCUT2D eigenvalue weighted by molar-refractivity contribution is -0.121. The molecule has 0 aromatic heterocycles. The summed E-state index contributed by atoms with van der Waals surface area (Å²) in [6, 6.07) is 8.22. The van der Waals surface area contributed by atoms with Gasteiger partial charge in [0.2, 0.25) is 5.91 Å². The van der Waals surface area contributed by atoms with Crippen molar-refractivity contribution < 1.29 is 9.59 Å². The third kappa shape index (κ3) is 3.61. The van der Waals surface area contributed by atoms with Crippen molar-refractivity contribution in [3.8, 4) is 0 Å². The van der Waals surface area contributed by atoms with E-state index in [1.807, 2.05) is 18.2 Å². The van der Waals surface area contributed by atoms with Crippen molar-refractivity contribution in [1.82, 2.24) is 15.1 Å². The molecular formula is C20H27N3O2. The van der Waals surface area contributed by atoms with Crippen LogP contribution in [0.25, 0.3) is 5.70 Å². The monoisotopic (exact) mass is 341 g/mol. The summed E-state index contributed by atoms with van der Waals surface area (Å²) in [7, 11) is 0. The van der Waals surface area contributed by atoms with Gasteiger partial charge in [0.05, 0.1) is 0 Å². The highest BCUT2D eigenvalue weighted by Gasteiger charge is 2.32. The van der Waals surface area contributed by atoms with Crippen molar-refractivity contribution in [2.45, 2.75) is 45.2 Å². The van der Waals surface area contributed by atoms with E-state index in [4.69, 9.17) is 0 Å². The van der Waals surface area contributed by atoms with E-state index in [0.717, 1.165) is 12.1 Å². The van der Waals surface area contributed by atoms with Gasteiger partial charge in [-0.05, 0) is 39.3 Å². The highest BCUT2D eigenvalue weighted by Crippen LogP contribution is 2.30. The van der Waals surface area contributed by atoms with Crippen LogP contribution in [0, 0.1) is 0 Å². The van der Waals surface area contributed by atoms with Crippen molar-refractivity contribution >= 4 is 17.5 Å². The molecule has 1 fully saturated rings. The van der Waals surface area contributed by atoms with Crippen LogP contribution in [-0.4, -0.2) is 53.3 Å². The number of piperidine rings is 1. The molecule has 5 heteroatoms. The fraction of sp³-hybridized carbons (Fsp3) is 0.500. The van der Waals surface area contributed by atoms with Crippen molar-refractivity contribution in [3.63, 3.8) is 0 Å². The molecule has 2 atom stereocenters. The minimum atomic E-state index is -0.145. The summed E-state index contributed by atoms with van der Waals surface area (Å²) >= 11 is 0. The Morgan fingerprint density at radius 3 is 2.72 bits per heavy atom. The molecule has 2 aliphatic rings. The minimum absolute atomic E-state index is 0.0224. The molecule has 0 spiro atoms. The number of rotatable bonds is 5. The van der Waals surface area contributed by atoms with Crippen LogP contribution in [0.4, 0.5) is 0 Å². The first-order valence-corrected chi connectivity index (χ1v) is 9.11. The lowest BCUT2D eigenvalue weighted by atomic mass is 10.0. The number of amides is 2. The van der Waals surface area contributed by atoms with Gasteiger partial charge in [0.15, 0.2) is 0 Å². The van der Waals surface area contributed by atoms with Gasteiger partial charge in [-0.25, -0.2) is 0 Å². The standard InChI is InChI=1S/C20H27N3O2/c1-14-8-6-7-11-22(14)15(2)12-21-19(24)13-23-16(3)17-9-4-5-10-18(17)20(23)25/h4-5,9-10,14-15H,3,6-8,11-13H2,1-2H3,(H,21,24)/t14-,15-/m1/s1. The Hall–Kier alpha value is -2.14. The molecule has 2 aliphatic heterocycles. The fourth-order valence-electron chi connectivity index (χ4n) is 3.86. The van der Waals surface area contributed by atoms with Gasteiger partial charge in [0, 0.05) is 35.5 Å². The zero-order valence-electron chi connectivity index (χ0n) is 15.1. The molecule has 1 aromatic rings. The third-order valence-electron chi connectivity index (χ3n) is 5.36. The number of fused-ring (bicyclic) bond motifs is 1. The number of carbonyl (C=O) groups excluding carboxylic acids is 2. The maximum absolute atomic E-state index is 12.4. The van der Waals surface area contributed by atoms with Crippen LogP contribution in [0.2, 0.25) is 0 Å². The van der Waals surface area contributed by atoms with Crippen molar-refractivity contribution in [3.05, 3.63) is 42.0 Å². The van der Waals surface area contributed by atoms with E-state index in [9.17, 15) is 9.59 Å². The lowest BCUT2D eigenvalue weighted by Gasteiger charge is -2.38. The number of hydrogen-bond donors (Lipinski definition) is 1. The summed E-state index contributed by atoms with van der Waals surface area (Å²) < 4.78 is 0. The fourth-order valence-corrected chi connectivity index (χ4v) is 3.86. The second-order valence-corrected chi connectivity index (χ2v) is 7.12. The molecular weight excluding hydrogens is 314 g/mol. The average Bonchev–Trinajstić information content (AvgIpc) is 2.85. The first-order valence-electron chi connectivity index (χ1n) is 9.11. The molecule has 25 heavy (non-hydrogen) atoms. The number of carbonyl (C=O) groups is 2. The molecule has 0 radical (unpaired) electrons. The van der Waals surface area contributed by atoms with Gasteiger partial charge < -0.3 is 5.32 Å². The summed E-state index contributed by atoms with van der Waals surface area (Å²) in [6.07, 6.45) is 3.73. The van der Waals surface area contributed by atoms with Crippen LogP contribution in [0.1, 0.15) is 49.0 Å². The molecule has 0 aliphatic carbocycles. The van der Waals surface area contributed by atoms with Gasteiger partial charge in [-0.1, -0.05) is 31.2 Å². The van der Waals surface area contributed by atoms with E-state index in [1.54, 1.807) is 6.07 Å². The van der Waals surface area contributed by atoms with Gasteiger partial charge in [0.25, 0.3) is 5.91 Å². The quantitative estimate of drug-likeness (QED) is 0.895. The Balaban J connectivity index is 1.53. The van der Waals surface area contributed by atoms with Gasteiger partial charge in [-0.2, -0.15) is 0 Å². The van der Waals surface area contributed by atoms with E-state index < -0.39 is 0 Å². The molecule has 1 N–H and O–H groups in total. The van der Waals surface area contributed by atoms with Gasteiger partial charge in [0.1, 0.15) is 6.54 Å². The number of benzene rings is 1. The number of hydrogen-bond acceptors (Lipinski definition) is 3. The molecule has 134 valence electrons. The molecule has 0 saturated carbocycles. The molecule has 3 rings (SSSR count). The molecule has 5 nitrogen and oxygen atoms in total. The van der Waals surface area contributed by atoms with Crippen LogP contribution in [0.3, 0.4) is 0 Å². The Bertz CT molecular complexity index is 650. The van der Waals surface area contributed by atoms with Crippen LogP contribution >= 0.6 is 0 Å². The summed E-state index contributed by atoms with van der Waals surface area (Å²) in [4.78, 5) is 28.7. The summed E-state index contributed by atoms with van der Waals surface area (Å²) in [5.74, 6) is -0.285. The second kappa shape index (κ2) is 7.40. The smallest absolute Gasteiger partial charge is 0.259 e. The predicted molar refractivity (Wildman–Crippen MR) is 99.0 cm³/mol. The van der Waals surface area contributed by atoms with Crippen molar-refractivity contribution in [1.29, 1.82) is 0 Å². The van der Waals surface area contributed by atoms with Crippen LogP contribution in [0.5, 0.6) is 0 Å². The number of nitrogens with zero attached hydrogens (tertiary/aromatic N) is 2. The van der Waals surface area contributed by atoms with E-state index >= 15 is 0 Å². The summed E-state index contributed by atoms with van der Waals surface area (Å²) in [6.45, 7) is 10.1. The van der Waals surface area contributed by atoms with E-state index in [0.29, 0.717) is 29.9 Å². The van der Waals surface area contributed by atoms with E-state index in [2.05, 4.69) is 30.6 Å². The van der Waals surface area contributed by atoms with Gasteiger partial charge in [-0.15, -0.1) is 0 Å². The summed E-state index contributed by atoms with van der Waals surface area (Å²) in [5, 5.41) is 2.98. The van der Waals surface area contributed by atoms with Crippen LogP contribution in [-0.2, 0) is 4.79 Å². The molecule has 1 saturated heterocycles. The Labute approximate surface area is 149 Å². The van der Waals surface area contributed by atoms with Gasteiger partial charge >= 0.3 is 0 Å². The van der Waals surface area contributed by atoms with Crippen LogP contribution in [0.15, 0.2) is 30.8 Å². The molecule has 0 bridgehead atoms. The largest absolute Gasteiger partial charge is 0.353 e. The topological polar surface area (TPSA) is 52.7 Å². The van der Waals surface area contributed by atoms with E-state index in [-0.39, 0.29) is 18.4 Å². The lowest BCUT2D eigenvalue weighted by Crippen LogP contribution is -2.49. The maximum Gasteiger partial charge on any atom is 0.259 e.